The van der Waals surface area contributed by atoms with Crippen molar-refractivity contribution in [2.24, 2.45) is 0 Å². The van der Waals surface area contributed by atoms with E-state index >= 15 is 0 Å². The van der Waals surface area contributed by atoms with Crippen LogP contribution in [0.3, 0.4) is 0 Å². The van der Waals surface area contributed by atoms with E-state index < -0.39 is 0 Å². The lowest BCUT2D eigenvalue weighted by Crippen LogP contribution is -2.33. The van der Waals surface area contributed by atoms with Crippen molar-refractivity contribution in [3.8, 4) is 0 Å². The lowest BCUT2D eigenvalue weighted by Gasteiger charge is -2.12. The molecule has 88 valence electrons. The highest BCUT2D eigenvalue weighted by Crippen LogP contribution is 2.14. The molecule has 0 saturated heterocycles. The van der Waals surface area contributed by atoms with Crippen LogP contribution in [0.1, 0.15) is 16.8 Å². The van der Waals surface area contributed by atoms with Crippen molar-refractivity contribution < 1.29 is 14.3 Å². The van der Waals surface area contributed by atoms with Gasteiger partial charge in [0.25, 0.3) is 12.4 Å². The van der Waals surface area contributed by atoms with Gasteiger partial charge in [-0.2, -0.15) is 0 Å². The molecule has 2 rings (SSSR count). The molecule has 1 aromatic carbocycles. The average molecular weight is 231 g/mol. The van der Waals surface area contributed by atoms with Gasteiger partial charge in [0.05, 0.1) is 6.04 Å². The molecule has 2 atom stereocenters. The molecule has 0 fully saturated rings. The monoisotopic (exact) mass is 231 g/mol. The molecule has 0 spiro atoms. The van der Waals surface area contributed by atoms with Gasteiger partial charge in [-0.1, -0.05) is 24.3 Å². The predicted octanol–water partition coefficient (Wildman–Crippen LogP) is 1.29. The van der Waals surface area contributed by atoms with E-state index in [4.69, 9.17) is 4.74 Å². The van der Waals surface area contributed by atoms with Crippen LogP contribution < -0.4 is 5.32 Å². The van der Waals surface area contributed by atoms with Crippen LogP contribution in [-0.4, -0.2) is 24.5 Å². The third-order valence-corrected chi connectivity index (χ3v) is 2.63. The molecule has 1 aromatic rings. The first-order valence-corrected chi connectivity index (χ1v) is 5.43. The zero-order valence-electron chi connectivity index (χ0n) is 9.21. The minimum atomic E-state index is -0.228. The summed E-state index contributed by atoms with van der Waals surface area (Å²) >= 11 is 0. The van der Waals surface area contributed by atoms with Gasteiger partial charge in [-0.05, 0) is 18.2 Å². The normalized spacial score (nSPS) is 22.1. The Balaban J connectivity index is 1.89. The maximum Gasteiger partial charge on any atom is 0.293 e. The molecule has 1 aliphatic carbocycles. The zero-order chi connectivity index (χ0) is 12.1. The van der Waals surface area contributed by atoms with Crippen LogP contribution >= 0.6 is 0 Å². The largest absolute Gasteiger partial charge is 0.460 e. The summed E-state index contributed by atoms with van der Waals surface area (Å²) in [6.07, 6.45) is 3.99. The van der Waals surface area contributed by atoms with Crippen LogP contribution in [-0.2, 0) is 9.53 Å². The van der Waals surface area contributed by atoms with Crippen LogP contribution in [0.2, 0.25) is 0 Å². The molecule has 0 radical (unpaired) electrons. The van der Waals surface area contributed by atoms with Crippen LogP contribution in [0.5, 0.6) is 0 Å². The summed E-state index contributed by atoms with van der Waals surface area (Å²) < 4.78 is 4.80. The molecular formula is C13H13NO3. The zero-order valence-corrected chi connectivity index (χ0v) is 9.21. The number of carbonyl (C=O) groups is 2. The summed E-state index contributed by atoms with van der Waals surface area (Å²) in [4.78, 5) is 22.0. The number of nitrogens with one attached hydrogen (secondary N) is 1. The molecule has 0 heterocycles. The van der Waals surface area contributed by atoms with Gasteiger partial charge in [-0.15, -0.1) is 0 Å². The Morgan fingerprint density at radius 3 is 2.76 bits per heavy atom. The van der Waals surface area contributed by atoms with Crippen LogP contribution in [0.15, 0.2) is 42.5 Å². The highest BCUT2D eigenvalue weighted by Gasteiger charge is 2.21. The summed E-state index contributed by atoms with van der Waals surface area (Å²) in [6, 6.07) is 8.93. The third kappa shape index (κ3) is 2.93. The number of hydrogen-bond donors (Lipinski definition) is 1. The minimum absolute atomic E-state index is 0.0762. The first-order chi connectivity index (χ1) is 8.29. The first kappa shape index (κ1) is 11.4. The Hall–Kier alpha value is -2.10. The molecule has 1 N–H and O–H groups in total. The van der Waals surface area contributed by atoms with Crippen molar-refractivity contribution in [3.63, 3.8) is 0 Å². The van der Waals surface area contributed by atoms with Crippen LogP contribution in [0.25, 0.3) is 0 Å². The number of carbonyl (C=O) groups excluding carboxylic acids is 2. The van der Waals surface area contributed by atoms with Gasteiger partial charge in [0.2, 0.25) is 0 Å². The van der Waals surface area contributed by atoms with Crippen molar-refractivity contribution in [2.75, 3.05) is 0 Å². The van der Waals surface area contributed by atoms with E-state index in [0.717, 1.165) is 0 Å². The maximum absolute atomic E-state index is 11.8. The molecule has 1 amide bonds. The topological polar surface area (TPSA) is 55.4 Å². The molecule has 4 nitrogen and oxygen atoms in total. The van der Waals surface area contributed by atoms with Gasteiger partial charge in [0, 0.05) is 12.0 Å². The fourth-order valence-electron chi connectivity index (χ4n) is 1.79. The molecular weight excluding hydrogens is 218 g/mol. The molecule has 0 saturated carbocycles. The smallest absolute Gasteiger partial charge is 0.293 e. The second-order valence-corrected chi connectivity index (χ2v) is 3.84. The van der Waals surface area contributed by atoms with Crippen molar-refractivity contribution in [1.29, 1.82) is 0 Å². The van der Waals surface area contributed by atoms with Crippen molar-refractivity contribution in [1.82, 2.24) is 5.32 Å². The van der Waals surface area contributed by atoms with Crippen molar-refractivity contribution in [3.05, 3.63) is 48.0 Å². The number of rotatable bonds is 4. The van der Waals surface area contributed by atoms with E-state index in [1.807, 2.05) is 24.3 Å². The summed E-state index contributed by atoms with van der Waals surface area (Å²) in [7, 11) is 0. The van der Waals surface area contributed by atoms with Crippen LogP contribution in [0, 0.1) is 0 Å². The standard InChI is InChI=1S/C13H13NO3/c15-9-17-12-7-6-11(8-12)14-13(16)10-4-2-1-3-5-10/h1-7,9,11-12H,8H2,(H,14,16)/t11-,12?/m0/s1. The van der Waals surface area contributed by atoms with Gasteiger partial charge in [-0.25, -0.2) is 0 Å². The molecule has 0 aromatic heterocycles. The minimum Gasteiger partial charge on any atom is -0.460 e. The Morgan fingerprint density at radius 2 is 2.06 bits per heavy atom. The van der Waals surface area contributed by atoms with Gasteiger partial charge in [0.1, 0.15) is 6.10 Å². The highest BCUT2D eigenvalue weighted by molar-refractivity contribution is 5.94. The number of ether oxygens (including phenoxy) is 1. The van der Waals surface area contributed by atoms with E-state index in [1.165, 1.54) is 0 Å². The van der Waals surface area contributed by atoms with Gasteiger partial charge in [-0.3, -0.25) is 9.59 Å². The molecule has 0 aliphatic heterocycles. The Bertz CT molecular complexity index is 428. The SMILES string of the molecule is O=COC1C=C[C@H](NC(=O)c2ccccc2)C1. The second kappa shape index (κ2) is 5.30. The summed E-state index contributed by atoms with van der Waals surface area (Å²) in [5.41, 5.74) is 0.626. The van der Waals surface area contributed by atoms with Gasteiger partial charge < -0.3 is 10.1 Å². The fourth-order valence-corrected chi connectivity index (χ4v) is 1.79. The molecule has 17 heavy (non-hydrogen) atoms. The summed E-state index contributed by atoms with van der Waals surface area (Å²) in [5, 5.41) is 2.86. The molecule has 4 heteroatoms. The van der Waals surface area contributed by atoms with Crippen molar-refractivity contribution >= 4 is 12.4 Å². The lowest BCUT2D eigenvalue weighted by molar-refractivity contribution is -0.131. The molecule has 1 aliphatic rings. The summed E-state index contributed by atoms with van der Waals surface area (Å²) in [6.45, 7) is 0.427. The Morgan fingerprint density at radius 1 is 1.29 bits per heavy atom. The lowest BCUT2D eigenvalue weighted by atomic mass is 10.2. The van der Waals surface area contributed by atoms with Gasteiger partial charge >= 0.3 is 0 Å². The fraction of sp³-hybridized carbons (Fsp3) is 0.231. The van der Waals surface area contributed by atoms with Crippen molar-refractivity contribution in [2.45, 2.75) is 18.6 Å². The highest BCUT2D eigenvalue weighted by atomic mass is 16.5. The van der Waals surface area contributed by atoms with E-state index in [0.29, 0.717) is 18.5 Å². The van der Waals surface area contributed by atoms with Gasteiger partial charge in [0.15, 0.2) is 0 Å². The van der Waals surface area contributed by atoms with E-state index in [-0.39, 0.29) is 18.1 Å². The molecule has 0 bridgehead atoms. The Kier molecular flexibility index (Phi) is 3.55. The average Bonchev–Trinajstić information content (AvgIpc) is 2.78. The number of benzene rings is 1. The molecule has 1 unspecified atom stereocenters. The quantitative estimate of drug-likeness (QED) is 0.627. The first-order valence-electron chi connectivity index (χ1n) is 5.43. The Labute approximate surface area is 99.3 Å². The maximum atomic E-state index is 11.8. The number of amides is 1. The second-order valence-electron chi connectivity index (χ2n) is 3.84. The summed E-state index contributed by atoms with van der Waals surface area (Å²) in [5.74, 6) is -0.119. The number of hydrogen-bond acceptors (Lipinski definition) is 3. The van der Waals surface area contributed by atoms with E-state index in [2.05, 4.69) is 5.32 Å². The predicted molar refractivity (Wildman–Crippen MR) is 62.4 cm³/mol. The third-order valence-electron chi connectivity index (χ3n) is 2.63. The van der Waals surface area contributed by atoms with E-state index in [9.17, 15) is 9.59 Å². The van der Waals surface area contributed by atoms with Crippen LogP contribution in [0.4, 0.5) is 0 Å². The van der Waals surface area contributed by atoms with E-state index in [1.54, 1.807) is 18.2 Å².